The summed E-state index contributed by atoms with van der Waals surface area (Å²) < 4.78 is 83.1. The summed E-state index contributed by atoms with van der Waals surface area (Å²) in [6.07, 6.45) is -8.57. The van der Waals surface area contributed by atoms with Gasteiger partial charge in [-0.05, 0) is 53.7 Å². The fourth-order valence-corrected chi connectivity index (χ4v) is 3.48. The molecule has 0 atom stereocenters. The minimum Gasteiger partial charge on any atom is -0.489 e. The highest BCUT2D eigenvalue weighted by Gasteiger charge is 2.38. The third-order valence-electron chi connectivity index (χ3n) is 4.04. The van der Waals surface area contributed by atoms with Crippen LogP contribution < -0.4 is 10.1 Å². The van der Waals surface area contributed by atoms with Crippen LogP contribution in [0.15, 0.2) is 41.3 Å². The van der Waals surface area contributed by atoms with Gasteiger partial charge < -0.3 is 4.74 Å². The van der Waals surface area contributed by atoms with Crippen molar-refractivity contribution < 1.29 is 40.7 Å². The Hall–Kier alpha value is -2.66. The monoisotopic (exact) mass is 481 g/mol. The number of nitrogens with one attached hydrogen (secondary N) is 1. The van der Waals surface area contributed by atoms with E-state index in [0.29, 0.717) is 29.5 Å². The van der Waals surface area contributed by atoms with Gasteiger partial charge in [-0.2, -0.15) is 26.3 Å². The van der Waals surface area contributed by atoms with Gasteiger partial charge in [-0.3, -0.25) is 14.9 Å². The number of benzene rings is 2. The fourth-order valence-electron chi connectivity index (χ4n) is 2.58. The van der Waals surface area contributed by atoms with E-state index in [0.717, 1.165) is 0 Å². The Kier molecular flexibility index (Phi) is 6.28. The van der Waals surface area contributed by atoms with Crippen LogP contribution in [0.5, 0.6) is 5.75 Å². The van der Waals surface area contributed by atoms with Crippen LogP contribution in [-0.4, -0.2) is 11.1 Å². The lowest BCUT2D eigenvalue weighted by Crippen LogP contribution is -2.17. The third-order valence-corrected chi connectivity index (χ3v) is 5.18. The number of alkyl halides is 6. The first-order valence-corrected chi connectivity index (χ1v) is 9.48. The first-order valence-electron chi connectivity index (χ1n) is 8.29. The standard InChI is InChI=1S/C19H10ClF6NO3S/c20-14-7-12(4-2-9(14)5-15-16(28)27-17(29)31-15)30-8-10-1-3-11(18(21,22)23)6-13(10)19(24,25)26/h1-7H,8H2,(H,27,28,29). The summed E-state index contributed by atoms with van der Waals surface area (Å²) in [4.78, 5) is 22.9. The third kappa shape index (κ3) is 5.53. The minimum absolute atomic E-state index is 0.0343. The predicted octanol–water partition coefficient (Wildman–Crippen LogP) is 6.28. The maximum atomic E-state index is 13.2. The van der Waals surface area contributed by atoms with Crippen molar-refractivity contribution in [2.75, 3.05) is 0 Å². The number of halogens is 7. The zero-order valence-electron chi connectivity index (χ0n) is 15.0. The molecule has 0 bridgehead atoms. The Morgan fingerprint density at radius 2 is 1.71 bits per heavy atom. The largest absolute Gasteiger partial charge is 0.489 e. The number of imide groups is 1. The Labute approximate surface area is 180 Å². The zero-order valence-corrected chi connectivity index (χ0v) is 16.6. The van der Waals surface area contributed by atoms with E-state index in [1.807, 2.05) is 0 Å². The first kappa shape index (κ1) is 23.0. The number of hydrogen-bond acceptors (Lipinski definition) is 4. The lowest BCUT2D eigenvalue weighted by Gasteiger charge is -2.16. The second-order valence-corrected chi connectivity index (χ2v) is 7.61. The number of thioether (sulfide) groups is 1. The molecule has 164 valence electrons. The normalized spacial score (nSPS) is 16.0. The van der Waals surface area contributed by atoms with Crippen molar-refractivity contribution >= 4 is 40.6 Å². The van der Waals surface area contributed by atoms with Crippen LogP contribution in [0.2, 0.25) is 5.02 Å². The predicted molar refractivity (Wildman–Crippen MR) is 101 cm³/mol. The summed E-state index contributed by atoms with van der Waals surface area (Å²) in [5.41, 5.74) is -3.01. The van der Waals surface area contributed by atoms with Crippen molar-refractivity contribution in [3.8, 4) is 5.75 Å². The van der Waals surface area contributed by atoms with Gasteiger partial charge in [0.25, 0.3) is 11.1 Å². The van der Waals surface area contributed by atoms with E-state index in [1.165, 1.54) is 24.3 Å². The Morgan fingerprint density at radius 1 is 1.00 bits per heavy atom. The summed E-state index contributed by atoms with van der Waals surface area (Å²) in [7, 11) is 0. The highest BCUT2D eigenvalue weighted by molar-refractivity contribution is 8.18. The van der Waals surface area contributed by atoms with Crippen molar-refractivity contribution in [1.29, 1.82) is 0 Å². The Balaban J connectivity index is 1.80. The SMILES string of the molecule is O=C1NC(=O)C(=Cc2ccc(OCc3ccc(C(F)(F)F)cc3C(F)(F)F)cc2Cl)S1. The van der Waals surface area contributed by atoms with Gasteiger partial charge in [-0.15, -0.1) is 0 Å². The molecule has 2 aromatic carbocycles. The van der Waals surface area contributed by atoms with Crippen molar-refractivity contribution in [3.05, 3.63) is 68.6 Å². The number of carbonyl (C=O) groups excluding carboxylic acids is 2. The van der Waals surface area contributed by atoms with Crippen LogP contribution in [0, 0.1) is 0 Å². The first-order chi connectivity index (χ1) is 14.3. The van der Waals surface area contributed by atoms with Crippen LogP contribution in [0.4, 0.5) is 31.1 Å². The molecule has 0 radical (unpaired) electrons. The van der Waals surface area contributed by atoms with Crippen molar-refractivity contribution in [3.63, 3.8) is 0 Å². The highest BCUT2D eigenvalue weighted by Crippen LogP contribution is 2.38. The number of rotatable bonds is 4. The maximum Gasteiger partial charge on any atom is 0.416 e. The lowest BCUT2D eigenvalue weighted by atomic mass is 10.0. The maximum absolute atomic E-state index is 13.2. The summed E-state index contributed by atoms with van der Waals surface area (Å²) in [6.45, 7) is -0.656. The van der Waals surface area contributed by atoms with Gasteiger partial charge in [-0.25, -0.2) is 0 Å². The van der Waals surface area contributed by atoms with E-state index < -0.39 is 46.8 Å². The van der Waals surface area contributed by atoms with Gasteiger partial charge in [0.2, 0.25) is 0 Å². The molecule has 0 saturated carbocycles. The van der Waals surface area contributed by atoms with Crippen LogP contribution in [0.3, 0.4) is 0 Å². The molecule has 1 heterocycles. The molecule has 2 amide bonds. The van der Waals surface area contributed by atoms with Gasteiger partial charge in [0, 0.05) is 5.56 Å². The molecule has 1 aliphatic heterocycles. The molecule has 31 heavy (non-hydrogen) atoms. The summed E-state index contributed by atoms with van der Waals surface area (Å²) in [6, 6.07) is 5.33. The average molecular weight is 482 g/mol. The molecular formula is C19H10ClF6NO3S. The van der Waals surface area contributed by atoms with Crippen LogP contribution >= 0.6 is 23.4 Å². The number of amides is 2. The molecular weight excluding hydrogens is 472 g/mol. The molecule has 2 aromatic rings. The van der Waals surface area contributed by atoms with Gasteiger partial charge >= 0.3 is 12.4 Å². The van der Waals surface area contributed by atoms with E-state index in [-0.39, 0.29) is 21.7 Å². The molecule has 1 fully saturated rings. The van der Waals surface area contributed by atoms with Crippen LogP contribution in [0.1, 0.15) is 22.3 Å². The van der Waals surface area contributed by atoms with E-state index in [4.69, 9.17) is 16.3 Å². The molecule has 3 rings (SSSR count). The fraction of sp³-hybridized carbons (Fsp3) is 0.158. The van der Waals surface area contributed by atoms with Crippen molar-refractivity contribution in [2.24, 2.45) is 0 Å². The van der Waals surface area contributed by atoms with E-state index >= 15 is 0 Å². The molecule has 0 aliphatic carbocycles. The van der Waals surface area contributed by atoms with E-state index in [1.54, 1.807) is 0 Å². The second-order valence-electron chi connectivity index (χ2n) is 6.19. The Bertz CT molecular complexity index is 1080. The zero-order chi connectivity index (χ0) is 23.0. The Morgan fingerprint density at radius 3 is 2.26 bits per heavy atom. The average Bonchev–Trinajstić information content (AvgIpc) is 2.97. The number of ether oxygens (including phenoxy) is 1. The molecule has 0 aromatic heterocycles. The molecule has 1 N–H and O–H groups in total. The summed E-state index contributed by atoms with van der Waals surface area (Å²) >= 11 is 6.77. The van der Waals surface area contributed by atoms with E-state index in [9.17, 15) is 35.9 Å². The molecule has 0 spiro atoms. The van der Waals surface area contributed by atoms with Gasteiger partial charge in [0.1, 0.15) is 12.4 Å². The van der Waals surface area contributed by atoms with Gasteiger partial charge in [0.15, 0.2) is 0 Å². The lowest BCUT2D eigenvalue weighted by molar-refractivity contribution is -0.143. The van der Waals surface area contributed by atoms with Crippen LogP contribution in [0.25, 0.3) is 6.08 Å². The minimum atomic E-state index is -5.01. The molecule has 12 heteroatoms. The van der Waals surface area contributed by atoms with Gasteiger partial charge in [0.05, 0.1) is 21.1 Å². The number of hydrogen-bond donors (Lipinski definition) is 1. The highest BCUT2D eigenvalue weighted by atomic mass is 35.5. The molecule has 0 unspecified atom stereocenters. The summed E-state index contributed by atoms with van der Waals surface area (Å²) in [5, 5.41) is 1.62. The molecule has 1 aliphatic rings. The smallest absolute Gasteiger partial charge is 0.416 e. The quantitative estimate of drug-likeness (QED) is 0.412. The van der Waals surface area contributed by atoms with Gasteiger partial charge in [-0.1, -0.05) is 17.7 Å². The second kappa shape index (κ2) is 8.46. The molecule has 1 saturated heterocycles. The van der Waals surface area contributed by atoms with E-state index in [2.05, 4.69) is 5.32 Å². The molecule has 4 nitrogen and oxygen atoms in total. The van der Waals surface area contributed by atoms with Crippen LogP contribution in [-0.2, 0) is 23.8 Å². The van der Waals surface area contributed by atoms with Crippen molar-refractivity contribution in [1.82, 2.24) is 5.32 Å². The topological polar surface area (TPSA) is 55.4 Å². The number of carbonyl (C=O) groups is 2. The summed E-state index contributed by atoms with van der Waals surface area (Å²) in [5.74, 6) is -0.534. The van der Waals surface area contributed by atoms with Crippen molar-refractivity contribution in [2.45, 2.75) is 19.0 Å².